The number of fused-ring (bicyclic) bond motifs is 1. The van der Waals surface area contributed by atoms with E-state index >= 15 is 0 Å². The molecule has 0 spiro atoms. The van der Waals surface area contributed by atoms with Crippen molar-refractivity contribution in [2.45, 2.75) is 19.0 Å². The normalized spacial score (nSPS) is 14.1. The molecule has 0 unspecified atom stereocenters. The summed E-state index contributed by atoms with van der Waals surface area (Å²) in [6.07, 6.45) is 0.581. The average Bonchev–Trinajstić information content (AvgIpc) is 3.56. The van der Waals surface area contributed by atoms with Crippen molar-refractivity contribution in [2.75, 3.05) is 13.1 Å². The van der Waals surface area contributed by atoms with E-state index in [0.29, 0.717) is 27.9 Å². The standard InChI is InChI=1S/C28H23F3N4O2/c1-34-26(28(29,30)31)17-24(33-34)21-9-12-23-20(16-21)8-10-22(32-23)11-13-25(36)18-4-6-19(7-5-18)27(37)35-14-2-3-15-35/h4-13,16-17H,2-3,14-15H2,1H3. The van der Waals surface area contributed by atoms with Gasteiger partial charge in [0.2, 0.25) is 0 Å². The Kier molecular flexibility index (Phi) is 6.37. The van der Waals surface area contributed by atoms with Crippen molar-refractivity contribution in [1.29, 1.82) is 0 Å². The van der Waals surface area contributed by atoms with E-state index in [1.807, 2.05) is 4.90 Å². The molecule has 9 heteroatoms. The molecule has 2 aromatic heterocycles. The van der Waals surface area contributed by atoms with E-state index in [4.69, 9.17) is 0 Å². The lowest BCUT2D eigenvalue weighted by atomic mass is 10.1. The predicted molar refractivity (Wildman–Crippen MR) is 134 cm³/mol. The smallest absolute Gasteiger partial charge is 0.339 e. The first-order chi connectivity index (χ1) is 17.7. The van der Waals surface area contributed by atoms with Crippen LogP contribution < -0.4 is 0 Å². The molecule has 4 aromatic rings. The molecule has 188 valence electrons. The summed E-state index contributed by atoms with van der Waals surface area (Å²) in [6, 6.07) is 16.3. The number of carbonyl (C=O) groups excluding carboxylic acids is 2. The third-order valence-corrected chi connectivity index (χ3v) is 6.39. The first-order valence-electron chi connectivity index (χ1n) is 11.8. The second kappa shape index (κ2) is 9.65. The summed E-state index contributed by atoms with van der Waals surface area (Å²) in [6.45, 7) is 1.54. The number of benzene rings is 2. The van der Waals surface area contributed by atoms with Gasteiger partial charge >= 0.3 is 6.18 Å². The van der Waals surface area contributed by atoms with Crippen LogP contribution in [0.1, 0.15) is 44.9 Å². The zero-order valence-corrected chi connectivity index (χ0v) is 20.0. The van der Waals surface area contributed by atoms with Crippen LogP contribution in [0.25, 0.3) is 28.2 Å². The van der Waals surface area contributed by atoms with Crippen molar-refractivity contribution in [2.24, 2.45) is 7.05 Å². The van der Waals surface area contributed by atoms with Crippen LogP contribution >= 0.6 is 0 Å². The van der Waals surface area contributed by atoms with Crippen LogP contribution in [-0.4, -0.2) is 44.4 Å². The second-order valence-electron chi connectivity index (χ2n) is 8.95. The molecule has 2 aromatic carbocycles. The third kappa shape index (κ3) is 5.16. The van der Waals surface area contributed by atoms with E-state index in [-0.39, 0.29) is 17.4 Å². The minimum atomic E-state index is -4.48. The van der Waals surface area contributed by atoms with E-state index in [2.05, 4.69) is 10.1 Å². The summed E-state index contributed by atoms with van der Waals surface area (Å²) < 4.78 is 40.1. The van der Waals surface area contributed by atoms with Gasteiger partial charge in [0, 0.05) is 42.2 Å². The van der Waals surface area contributed by atoms with Crippen molar-refractivity contribution in [3.05, 3.63) is 89.3 Å². The van der Waals surface area contributed by atoms with Crippen LogP contribution in [-0.2, 0) is 13.2 Å². The van der Waals surface area contributed by atoms with Crippen molar-refractivity contribution in [3.63, 3.8) is 0 Å². The summed E-state index contributed by atoms with van der Waals surface area (Å²) in [4.78, 5) is 31.4. The molecule has 1 amide bonds. The molecule has 1 saturated heterocycles. The Labute approximate surface area is 211 Å². The number of rotatable bonds is 5. The zero-order chi connectivity index (χ0) is 26.2. The van der Waals surface area contributed by atoms with Gasteiger partial charge in [0.1, 0.15) is 5.69 Å². The molecule has 0 bridgehead atoms. The third-order valence-electron chi connectivity index (χ3n) is 6.39. The Bertz CT molecular complexity index is 1510. The molecule has 1 aliphatic heterocycles. The molecular formula is C28H23F3N4O2. The van der Waals surface area contributed by atoms with E-state index in [1.165, 1.54) is 13.1 Å². The summed E-state index contributed by atoms with van der Waals surface area (Å²) in [7, 11) is 1.26. The van der Waals surface area contributed by atoms with Gasteiger partial charge in [-0.2, -0.15) is 18.3 Å². The largest absolute Gasteiger partial charge is 0.433 e. The molecule has 0 saturated carbocycles. The zero-order valence-electron chi connectivity index (χ0n) is 20.0. The number of halogens is 3. The number of aryl methyl sites for hydroxylation is 1. The highest BCUT2D eigenvalue weighted by atomic mass is 19.4. The minimum Gasteiger partial charge on any atom is -0.339 e. The van der Waals surface area contributed by atoms with E-state index in [9.17, 15) is 22.8 Å². The van der Waals surface area contributed by atoms with Crippen LogP contribution in [0.3, 0.4) is 0 Å². The van der Waals surface area contributed by atoms with Gasteiger partial charge in [0.15, 0.2) is 5.78 Å². The second-order valence-corrected chi connectivity index (χ2v) is 8.95. The van der Waals surface area contributed by atoms with Crippen LogP contribution in [0.2, 0.25) is 0 Å². The number of allylic oxidation sites excluding steroid dienone is 1. The van der Waals surface area contributed by atoms with Crippen LogP contribution in [0, 0.1) is 0 Å². The van der Waals surface area contributed by atoms with Crippen molar-refractivity contribution in [3.8, 4) is 11.3 Å². The molecule has 5 rings (SSSR count). The molecule has 37 heavy (non-hydrogen) atoms. The highest BCUT2D eigenvalue weighted by Crippen LogP contribution is 2.32. The number of pyridine rings is 1. The number of likely N-dealkylation sites (tertiary alicyclic amines) is 1. The maximum absolute atomic E-state index is 13.1. The fourth-order valence-corrected chi connectivity index (χ4v) is 4.40. The first kappa shape index (κ1) is 24.4. The number of nitrogens with zero attached hydrogens (tertiary/aromatic N) is 4. The van der Waals surface area contributed by atoms with Gasteiger partial charge in [-0.05, 0) is 61.4 Å². The predicted octanol–water partition coefficient (Wildman–Crippen LogP) is 5.79. The highest BCUT2D eigenvalue weighted by Gasteiger charge is 2.35. The number of carbonyl (C=O) groups is 2. The van der Waals surface area contributed by atoms with Gasteiger partial charge < -0.3 is 4.90 Å². The van der Waals surface area contributed by atoms with Gasteiger partial charge in [-0.15, -0.1) is 0 Å². The van der Waals surface area contributed by atoms with Crippen LogP contribution in [0.4, 0.5) is 13.2 Å². The molecule has 1 fully saturated rings. The van der Waals surface area contributed by atoms with Crippen molar-refractivity contribution >= 4 is 28.7 Å². The Morgan fingerprint density at radius 2 is 1.62 bits per heavy atom. The number of ketones is 1. The Balaban J connectivity index is 1.30. The number of hydrogen-bond acceptors (Lipinski definition) is 4. The average molecular weight is 505 g/mol. The first-order valence-corrected chi connectivity index (χ1v) is 11.8. The van der Waals surface area contributed by atoms with Gasteiger partial charge in [-0.3, -0.25) is 14.3 Å². The molecular weight excluding hydrogens is 481 g/mol. The topological polar surface area (TPSA) is 68.1 Å². The summed E-state index contributed by atoms with van der Waals surface area (Å²) in [5.74, 6) is -0.229. The van der Waals surface area contributed by atoms with Gasteiger partial charge in [-0.25, -0.2) is 4.98 Å². The fourth-order valence-electron chi connectivity index (χ4n) is 4.40. The number of aromatic nitrogens is 3. The Morgan fingerprint density at radius 3 is 2.30 bits per heavy atom. The number of hydrogen-bond donors (Lipinski definition) is 0. The maximum atomic E-state index is 13.1. The fraction of sp³-hybridized carbons (Fsp3) is 0.214. The monoisotopic (exact) mass is 504 g/mol. The lowest BCUT2D eigenvalue weighted by Gasteiger charge is -2.15. The molecule has 0 radical (unpaired) electrons. The van der Waals surface area contributed by atoms with Crippen molar-refractivity contribution in [1.82, 2.24) is 19.7 Å². The van der Waals surface area contributed by atoms with Crippen LogP contribution in [0.15, 0.2) is 66.7 Å². The Morgan fingerprint density at radius 1 is 0.919 bits per heavy atom. The molecule has 3 heterocycles. The molecule has 0 N–H and O–H groups in total. The molecule has 0 aliphatic carbocycles. The molecule has 0 atom stereocenters. The van der Waals surface area contributed by atoms with Gasteiger partial charge in [0.05, 0.1) is 16.9 Å². The van der Waals surface area contributed by atoms with E-state index in [1.54, 1.807) is 60.7 Å². The van der Waals surface area contributed by atoms with Gasteiger partial charge in [0.25, 0.3) is 5.91 Å². The SMILES string of the molecule is Cn1nc(-c2ccc3nc(C=CC(=O)c4ccc(C(=O)N5CCCC5)cc4)ccc3c2)cc1C(F)(F)F. The van der Waals surface area contributed by atoms with Crippen molar-refractivity contribution < 1.29 is 22.8 Å². The number of alkyl halides is 3. The lowest BCUT2D eigenvalue weighted by Crippen LogP contribution is -2.27. The van der Waals surface area contributed by atoms with E-state index in [0.717, 1.165) is 42.1 Å². The quantitative estimate of drug-likeness (QED) is 0.255. The number of amides is 1. The summed E-state index contributed by atoms with van der Waals surface area (Å²) >= 11 is 0. The molecule has 6 nitrogen and oxygen atoms in total. The summed E-state index contributed by atoms with van der Waals surface area (Å²) in [5, 5.41) is 4.73. The Hall–Kier alpha value is -4.27. The summed E-state index contributed by atoms with van der Waals surface area (Å²) in [5.41, 5.74) is 2.18. The molecule has 1 aliphatic rings. The van der Waals surface area contributed by atoms with Gasteiger partial charge in [-0.1, -0.05) is 24.3 Å². The van der Waals surface area contributed by atoms with E-state index < -0.39 is 11.9 Å². The van der Waals surface area contributed by atoms with Crippen LogP contribution in [0.5, 0.6) is 0 Å². The maximum Gasteiger partial charge on any atom is 0.433 e. The minimum absolute atomic E-state index is 0.0144. The lowest BCUT2D eigenvalue weighted by molar-refractivity contribution is -0.143. The highest BCUT2D eigenvalue weighted by molar-refractivity contribution is 6.07.